The van der Waals surface area contributed by atoms with Crippen molar-refractivity contribution in [3.63, 3.8) is 0 Å². The van der Waals surface area contributed by atoms with Crippen LogP contribution in [0.25, 0.3) is 11.3 Å². The molecule has 5 nitrogen and oxygen atoms in total. The van der Waals surface area contributed by atoms with E-state index in [0.717, 1.165) is 16.0 Å². The second-order valence-electron chi connectivity index (χ2n) is 5.74. The van der Waals surface area contributed by atoms with E-state index < -0.39 is 6.61 Å². The lowest BCUT2D eigenvalue weighted by Gasteiger charge is -2.05. The number of thiazole rings is 1. The molecule has 1 aromatic carbocycles. The first-order valence-electron chi connectivity index (χ1n) is 8.22. The van der Waals surface area contributed by atoms with Crippen LogP contribution in [-0.2, 0) is 11.2 Å². The fourth-order valence-corrected chi connectivity index (χ4v) is 3.35. The summed E-state index contributed by atoms with van der Waals surface area (Å²) in [6.45, 7) is -0.965. The molecule has 2 heterocycles. The van der Waals surface area contributed by atoms with Crippen molar-refractivity contribution >= 4 is 22.4 Å². The monoisotopic (exact) mass is 389 g/mol. The molecule has 0 unspecified atom stereocenters. The van der Waals surface area contributed by atoms with Crippen LogP contribution in [0.15, 0.2) is 48.8 Å². The average molecular weight is 389 g/mol. The Labute approximate surface area is 159 Å². The number of nitrogens with one attached hydrogen (secondary N) is 1. The van der Waals surface area contributed by atoms with Crippen LogP contribution in [0.4, 0.5) is 13.9 Å². The number of carbonyl (C=O) groups excluding carboxylic acids is 1. The van der Waals surface area contributed by atoms with Crippen molar-refractivity contribution in [1.29, 1.82) is 0 Å². The van der Waals surface area contributed by atoms with E-state index in [0.29, 0.717) is 23.7 Å². The van der Waals surface area contributed by atoms with Crippen molar-refractivity contribution in [2.24, 2.45) is 0 Å². The van der Waals surface area contributed by atoms with E-state index in [4.69, 9.17) is 0 Å². The maximum Gasteiger partial charge on any atom is 0.387 e. The van der Waals surface area contributed by atoms with E-state index in [2.05, 4.69) is 20.0 Å². The zero-order valence-electron chi connectivity index (χ0n) is 14.5. The largest absolute Gasteiger partial charge is 0.435 e. The fourth-order valence-electron chi connectivity index (χ4n) is 2.50. The standard InChI is InChI=1S/C19H17F2N3O2S/c1-12-17(14-5-7-15(8-6-14)26-18(20)21)24-19(27-12)23-16(25)9-4-13-3-2-10-22-11-13/h2-3,5-8,10-11,18H,4,9H2,1H3,(H,23,24,25). The van der Waals surface area contributed by atoms with Gasteiger partial charge in [-0.3, -0.25) is 9.78 Å². The molecular formula is C19H17F2N3O2S. The third kappa shape index (κ3) is 5.30. The number of hydrogen-bond donors (Lipinski definition) is 1. The van der Waals surface area contributed by atoms with Gasteiger partial charge in [0.2, 0.25) is 5.91 Å². The van der Waals surface area contributed by atoms with Crippen LogP contribution in [0.2, 0.25) is 0 Å². The van der Waals surface area contributed by atoms with E-state index in [9.17, 15) is 13.6 Å². The highest BCUT2D eigenvalue weighted by atomic mass is 32.1. The molecule has 0 aliphatic carbocycles. The summed E-state index contributed by atoms with van der Waals surface area (Å²) < 4.78 is 28.8. The smallest absolute Gasteiger partial charge is 0.387 e. The van der Waals surface area contributed by atoms with Crippen LogP contribution < -0.4 is 10.1 Å². The zero-order chi connectivity index (χ0) is 19.2. The maximum absolute atomic E-state index is 12.2. The molecule has 0 bridgehead atoms. The summed E-state index contributed by atoms with van der Waals surface area (Å²) in [6, 6.07) is 10.0. The normalized spacial score (nSPS) is 10.8. The van der Waals surface area contributed by atoms with E-state index in [-0.39, 0.29) is 11.7 Å². The molecule has 0 saturated carbocycles. The number of alkyl halides is 2. The molecule has 8 heteroatoms. The number of aryl methyl sites for hydroxylation is 2. The minimum Gasteiger partial charge on any atom is -0.435 e. The summed E-state index contributed by atoms with van der Waals surface area (Å²) in [5.74, 6) is -0.0367. The van der Waals surface area contributed by atoms with Gasteiger partial charge in [-0.1, -0.05) is 6.07 Å². The summed E-state index contributed by atoms with van der Waals surface area (Å²) in [5, 5.41) is 3.31. The van der Waals surface area contributed by atoms with Crippen LogP contribution in [0.5, 0.6) is 5.75 Å². The molecule has 0 spiro atoms. The van der Waals surface area contributed by atoms with Gasteiger partial charge >= 0.3 is 6.61 Å². The van der Waals surface area contributed by atoms with Gasteiger partial charge in [0.1, 0.15) is 5.75 Å². The highest BCUT2D eigenvalue weighted by Crippen LogP contribution is 2.31. The molecule has 0 saturated heterocycles. The molecule has 3 rings (SSSR count). The number of halogens is 2. The highest BCUT2D eigenvalue weighted by Gasteiger charge is 2.13. The first-order valence-corrected chi connectivity index (χ1v) is 9.04. The van der Waals surface area contributed by atoms with Crippen LogP contribution >= 0.6 is 11.3 Å². The lowest BCUT2D eigenvalue weighted by molar-refractivity contribution is -0.116. The Hall–Kier alpha value is -2.87. The summed E-state index contributed by atoms with van der Waals surface area (Å²) in [7, 11) is 0. The van der Waals surface area contributed by atoms with Gasteiger partial charge in [-0.05, 0) is 49.2 Å². The lowest BCUT2D eigenvalue weighted by atomic mass is 10.1. The van der Waals surface area contributed by atoms with Crippen molar-refractivity contribution in [2.45, 2.75) is 26.4 Å². The molecule has 1 amide bonds. The van der Waals surface area contributed by atoms with Crippen LogP contribution in [-0.4, -0.2) is 22.5 Å². The molecule has 0 radical (unpaired) electrons. The average Bonchev–Trinajstić information content (AvgIpc) is 3.01. The third-order valence-corrected chi connectivity index (χ3v) is 4.65. The quantitative estimate of drug-likeness (QED) is 0.637. The van der Waals surface area contributed by atoms with Crippen molar-refractivity contribution < 1.29 is 18.3 Å². The summed E-state index contributed by atoms with van der Waals surface area (Å²) >= 11 is 1.37. The SMILES string of the molecule is Cc1sc(NC(=O)CCc2cccnc2)nc1-c1ccc(OC(F)F)cc1. The van der Waals surface area contributed by atoms with E-state index >= 15 is 0 Å². The number of aromatic nitrogens is 2. The molecule has 0 aliphatic rings. The molecular weight excluding hydrogens is 372 g/mol. The number of amides is 1. The lowest BCUT2D eigenvalue weighted by Crippen LogP contribution is -2.12. The molecule has 0 atom stereocenters. The van der Waals surface area contributed by atoms with Crippen LogP contribution in [0, 0.1) is 6.92 Å². The second kappa shape index (κ2) is 8.68. The minimum absolute atomic E-state index is 0.0885. The Morgan fingerprint density at radius 1 is 1.26 bits per heavy atom. The molecule has 3 aromatic rings. The van der Waals surface area contributed by atoms with Gasteiger partial charge in [-0.15, -0.1) is 11.3 Å². The summed E-state index contributed by atoms with van der Waals surface area (Å²) in [5.41, 5.74) is 2.46. The first kappa shape index (κ1) is 18.9. The fraction of sp³-hybridized carbons (Fsp3) is 0.211. The number of nitrogens with zero attached hydrogens (tertiary/aromatic N) is 2. The Morgan fingerprint density at radius 2 is 2.04 bits per heavy atom. The molecule has 27 heavy (non-hydrogen) atoms. The van der Waals surface area contributed by atoms with Gasteiger partial charge in [0.05, 0.1) is 5.69 Å². The van der Waals surface area contributed by atoms with Gasteiger partial charge in [0, 0.05) is 29.3 Å². The number of rotatable bonds is 7. The number of anilines is 1. The van der Waals surface area contributed by atoms with Crippen LogP contribution in [0.3, 0.4) is 0 Å². The minimum atomic E-state index is -2.86. The second-order valence-corrected chi connectivity index (χ2v) is 6.94. The van der Waals surface area contributed by atoms with Crippen molar-refractivity contribution in [1.82, 2.24) is 9.97 Å². The first-order chi connectivity index (χ1) is 13.0. The third-order valence-electron chi connectivity index (χ3n) is 3.76. The van der Waals surface area contributed by atoms with Gasteiger partial charge in [0.15, 0.2) is 5.13 Å². The van der Waals surface area contributed by atoms with Crippen molar-refractivity contribution in [3.05, 3.63) is 59.2 Å². The van der Waals surface area contributed by atoms with Gasteiger partial charge in [-0.2, -0.15) is 8.78 Å². The number of ether oxygens (including phenoxy) is 1. The topological polar surface area (TPSA) is 64.1 Å². The summed E-state index contributed by atoms with van der Waals surface area (Å²) in [6.07, 6.45) is 4.36. The predicted octanol–water partition coefficient (Wildman–Crippen LogP) is 4.69. The van der Waals surface area contributed by atoms with E-state index in [1.807, 2.05) is 19.1 Å². The molecule has 0 aliphatic heterocycles. The zero-order valence-corrected chi connectivity index (χ0v) is 15.3. The Morgan fingerprint density at radius 3 is 2.70 bits per heavy atom. The predicted molar refractivity (Wildman–Crippen MR) is 100 cm³/mol. The Bertz CT molecular complexity index is 899. The van der Waals surface area contributed by atoms with Gasteiger partial charge in [-0.25, -0.2) is 4.98 Å². The van der Waals surface area contributed by atoms with Crippen molar-refractivity contribution in [2.75, 3.05) is 5.32 Å². The maximum atomic E-state index is 12.2. The molecule has 0 fully saturated rings. The van der Waals surface area contributed by atoms with E-state index in [1.165, 1.54) is 23.5 Å². The molecule has 2 aromatic heterocycles. The Balaban J connectivity index is 1.62. The van der Waals surface area contributed by atoms with Crippen molar-refractivity contribution in [3.8, 4) is 17.0 Å². The number of hydrogen-bond acceptors (Lipinski definition) is 5. The number of carbonyl (C=O) groups is 1. The van der Waals surface area contributed by atoms with Gasteiger partial charge in [0.25, 0.3) is 0 Å². The van der Waals surface area contributed by atoms with Crippen LogP contribution in [0.1, 0.15) is 16.9 Å². The number of benzene rings is 1. The highest BCUT2D eigenvalue weighted by molar-refractivity contribution is 7.16. The number of pyridine rings is 1. The summed E-state index contributed by atoms with van der Waals surface area (Å²) in [4.78, 5) is 21.5. The molecule has 140 valence electrons. The van der Waals surface area contributed by atoms with E-state index in [1.54, 1.807) is 24.5 Å². The van der Waals surface area contributed by atoms with Gasteiger partial charge < -0.3 is 10.1 Å². The Kier molecular flexibility index (Phi) is 6.08. The molecule has 1 N–H and O–H groups in total.